The molecule has 1 unspecified atom stereocenters. The van der Waals surface area contributed by atoms with Crippen molar-refractivity contribution < 1.29 is 27.5 Å². The van der Waals surface area contributed by atoms with Gasteiger partial charge in [0.05, 0.1) is 19.7 Å². The number of amides is 3. The fraction of sp³-hybridized carbons (Fsp3) is 0.600. The summed E-state index contributed by atoms with van der Waals surface area (Å²) in [4.78, 5) is 34.2. The monoisotopic (exact) mass is 375 g/mol. The minimum Gasteiger partial charge on any atom is -0.365 e. The molecule has 1 N–H and O–H groups in total. The smallest absolute Gasteiger partial charge is 0.365 e. The van der Waals surface area contributed by atoms with Crippen molar-refractivity contribution in [2.75, 3.05) is 33.8 Å². The lowest BCUT2D eigenvalue weighted by atomic mass is 10.2. The van der Waals surface area contributed by atoms with E-state index < -0.39 is 24.0 Å². The number of nitrogens with one attached hydrogen (secondary N) is 1. The highest BCUT2D eigenvalue weighted by Gasteiger charge is 2.33. The van der Waals surface area contributed by atoms with Gasteiger partial charge in [-0.3, -0.25) is 4.79 Å². The number of aryl methyl sites for hydroxylation is 1. The second-order valence-electron chi connectivity index (χ2n) is 6.01. The zero-order valence-corrected chi connectivity index (χ0v) is 14.6. The summed E-state index contributed by atoms with van der Waals surface area (Å²) >= 11 is 0. The van der Waals surface area contributed by atoms with E-state index in [1.54, 1.807) is 14.1 Å². The van der Waals surface area contributed by atoms with Crippen LogP contribution in [0.25, 0.3) is 0 Å². The van der Waals surface area contributed by atoms with E-state index in [4.69, 9.17) is 4.74 Å². The third-order valence-electron chi connectivity index (χ3n) is 3.66. The van der Waals surface area contributed by atoms with Crippen molar-refractivity contribution >= 4 is 11.9 Å². The Morgan fingerprint density at radius 1 is 1.38 bits per heavy atom. The highest BCUT2D eigenvalue weighted by atomic mass is 19.4. The van der Waals surface area contributed by atoms with Crippen molar-refractivity contribution in [2.45, 2.75) is 25.7 Å². The summed E-state index contributed by atoms with van der Waals surface area (Å²) in [5, 5.41) is 2.48. The van der Waals surface area contributed by atoms with Crippen LogP contribution in [-0.4, -0.2) is 71.6 Å². The van der Waals surface area contributed by atoms with Crippen LogP contribution in [0.5, 0.6) is 0 Å². The average molecular weight is 375 g/mol. The predicted molar refractivity (Wildman–Crippen MR) is 84.0 cm³/mol. The summed E-state index contributed by atoms with van der Waals surface area (Å²) in [5.41, 5.74) is -0.906. The minimum absolute atomic E-state index is 0.0608. The summed E-state index contributed by atoms with van der Waals surface area (Å²) in [5.74, 6) is -0.404. The first-order valence-corrected chi connectivity index (χ1v) is 7.85. The lowest BCUT2D eigenvalue weighted by molar-refractivity contribution is -0.145. The maximum atomic E-state index is 12.8. The molecule has 0 bridgehead atoms. The van der Waals surface area contributed by atoms with E-state index in [1.807, 2.05) is 0 Å². The number of ether oxygens (including phenoxy) is 1. The van der Waals surface area contributed by atoms with Gasteiger partial charge in [0, 0.05) is 26.3 Å². The van der Waals surface area contributed by atoms with Gasteiger partial charge in [0.1, 0.15) is 11.5 Å². The summed E-state index contributed by atoms with van der Waals surface area (Å²) in [6.45, 7) is 1.68. The fourth-order valence-electron chi connectivity index (χ4n) is 2.39. The highest BCUT2D eigenvalue weighted by Crippen LogP contribution is 2.27. The molecule has 0 aromatic carbocycles. The first-order chi connectivity index (χ1) is 12.1. The number of hydrogen-bond acceptors (Lipinski definition) is 5. The maximum absolute atomic E-state index is 12.8. The molecule has 1 aliphatic rings. The fourth-order valence-corrected chi connectivity index (χ4v) is 2.39. The maximum Gasteiger partial charge on any atom is 0.433 e. The average Bonchev–Trinajstić information content (AvgIpc) is 2.57. The molecule has 144 valence electrons. The molecule has 0 aliphatic carbocycles. The Morgan fingerprint density at radius 2 is 2.08 bits per heavy atom. The third kappa shape index (κ3) is 5.04. The quantitative estimate of drug-likeness (QED) is 0.845. The van der Waals surface area contributed by atoms with Crippen molar-refractivity contribution in [1.29, 1.82) is 0 Å². The van der Waals surface area contributed by atoms with Crippen LogP contribution in [0.15, 0.2) is 6.07 Å². The van der Waals surface area contributed by atoms with Crippen molar-refractivity contribution in [3.8, 4) is 0 Å². The number of hydrogen-bond donors (Lipinski definition) is 1. The summed E-state index contributed by atoms with van der Waals surface area (Å²) in [6.07, 6.45) is -5.35. The van der Waals surface area contributed by atoms with Gasteiger partial charge in [-0.2, -0.15) is 13.2 Å². The highest BCUT2D eigenvalue weighted by molar-refractivity contribution is 5.82. The molecule has 0 spiro atoms. The predicted octanol–water partition coefficient (Wildman–Crippen LogP) is 0.802. The number of nitrogens with zero attached hydrogens (tertiary/aromatic N) is 4. The molecule has 1 aromatic rings. The van der Waals surface area contributed by atoms with E-state index in [0.717, 1.165) is 6.07 Å². The van der Waals surface area contributed by atoms with E-state index in [-0.39, 0.29) is 43.7 Å². The van der Waals surface area contributed by atoms with Crippen LogP contribution in [0, 0.1) is 6.92 Å². The molecule has 0 radical (unpaired) electrons. The normalized spacial score (nSPS) is 17.8. The second-order valence-corrected chi connectivity index (χ2v) is 6.01. The van der Waals surface area contributed by atoms with Gasteiger partial charge in [0.25, 0.3) is 5.91 Å². The number of alkyl halides is 3. The summed E-state index contributed by atoms with van der Waals surface area (Å²) in [7, 11) is 3.16. The first kappa shape index (κ1) is 19.9. The van der Waals surface area contributed by atoms with Crippen LogP contribution in [0.1, 0.15) is 17.2 Å². The van der Waals surface area contributed by atoms with Crippen LogP contribution in [0.3, 0.4) is 0 Å². The van der Waals surface area contributed by atoms with Crippen LogP contribution in [-0.2, 0) is 22.3 Å². The third-order valence-corrected chi connectivity index (χ3v) is 3.66. The van der Waals surface area contributed by atoms with Crippen molar-refractivity contribution in [3.05, 3.63) is 23.3 Å². The number of rotatable bonds is 3. The first-order valence-electron chi connectivity index (χ1n) is 7.85. The number of likely N-dealkylation sites (N-methyl/N-ethyl adjacent to an activating group) is 1. The number of carbonyl (C=O) groups excluding carboxylic acids is 2. The molecule has 1 aliphatic heterocycles. The molecule has 11 heteroatoms. The number of urea groups is 1. The molecule has 2 heterocycles. The van der Waals surface area contributed by atoms with Gasteiger partial charge in [-0.05, 0) is 13.0 Å². The lowest BCUT2D eigenvalue weighted by Crippen LogP contribution is -2.53. The molecule has 0 saturated carbocycles. The summed E-state index contributed by atoms with van der Waals surface area (Å²) < 4.78 is 43.7. The van der Waals surface area contributed by atoms with Crippen molar-refractivity contribution in [2.24, 2.45) is 0 Å². The zero-order chi connectivity index (χ0) is 19.5. The Bertz CT molecular complexity index is 681. The molecule has 1 aromatic heterocycles. The van der Waals surface area contributed by atoms with Gasteiger partial charge in [0.2, 0.25) is 0 Å². The largest absolute Gasteiger partial charge is 0.433 e. The Hall–Kier alpha value is -2.43. The second kappa shape index (κ2) is 7.85. The SMILES string of the molecule is Cc1cc(C(F)(F)F)nc(CNC(=O)N2CCOC(C(=O)N(C)C)C2)n1. The molecule has 26 heavy (non-hydrogen) atoms. The minimum atomic E-state index is -4.59. The van der Waals surface area contributed by atoms with Gasteiger partial charge in [-0.1, -0.05) is 0 Å². The number of aromatic nitrogens is 2. The molecule has 8 nitrogen and oxygen atoms in total. The molecule has 2 rings (SSSR count). The molecule has 1 saturated heterocycles. The lowest BCUT2D eigenvalue weighted by Gasteiger charge is -2.33. The van der Waals surface area contributed by atoms with Crippen LogP contribution < -0.4 is 5.32 Å². The van der Waals surface area contributed by atoms with Gasteiger partial charge in [0.15, 0.2) is 6.10 Å². The van der Waals surface area contributed by atoms with E-state index >= 15 is 0 Å². The summed E-state index contributed by atoms with van der Waals surface area (Å²) in [6, 6.07) is 0.314. The Labute approximate surface area is 148 Å². The number of halogens is 3. The van der Waals surface area contributed by atoms with Crippen LogP contribution >= 0.6 is 0 Å². The van der Waals surface area contributed by atoms with E-state index in [2.05, 4.69) is 15.3 Å². The van der Waals surface area contributed by atoms with Gasteiger partial charge in [-0.15, -0.1) is 0 Å². The Morgan fingerprint density at radius 3 is 2.69 bits per heavy atom. The van der Waals surface area contributed by atoms with Crippen molar-refractivity contribution in [1.82, 2.24) is 25.1 Å². The van der Waals surface area contributed by atoms with Gasteiger partial charge in [-0.25, -0.2) is 14.8 Å². The van der Waals surface area contributed by atoms with Crippen LogP contribution in [0.4, 0.5) is 18.0 Å². The Balaban J connectivity index is 1.98. The standard InChI is InChI=1S/C15H20F3N5O3/c1-9-6-11(15(16,17)18)21-12(20-9)7-19-14(25)23-4-5-26-10(8-23)13(24)22(2)3/h6,10H,4-5,7-8H2,1-3H3,(H,19,25). The van der Waals surface area contributed by atoms with E-state index in [0.29, 0.717) is 0 Å². The molecule has 1 fully saturated rings. The van der Waals surface area contributed by atoms with Gasteiger partial charge >= 0.3 is 12.2 Å². The number of carbonyl (C=O) groups is 2. The molecular formula is C15H20F3N5O3. The topological polar surface area (TPSA) is 87.7 Å². The molecular weight excluding hydrogens is 355 g/mol. The van der Waals surface area contributed by atoms with Crippen LogP contribution in [0.2, 0.25) is 0 Å². The Kier molecular flexibility index (Phi) is 6.01. The molecule has 3 amide bonds. The zero-order valence-electron chi connectivity index (χ0n) is 14.6. The van der Waals surface area contributed by atoms with Crippen molar-refractivity contribution in [3.63, 3.8) is 0 Å². The van der Waals surface area contributed by atoms with Gasteiger partial charge < -0.3 is 19.9 Å². The number of morpholine rings is 1. The van der Waals surface area contributed by atoms with E-state index in [9.17, 15) is 22.8 Å². The van der Waals surface area contributed by atoms with E-state index in [1.165, 1.54) is 16.7 Å². The molecule has 1 atom stereocenters.